The SMILES string of the molecule is CCCl.NP(N)(N)=O. The molecule has 0 atom stereocenters. The molecule has 0 unspecified atom stereocenters. The number of hydrogen-bond acceptors (Lipinski definition) is 1. The lowest BCUT2D eigenvalue weighted by Gasteiger charge is -1.88. The highest BCUT2D eigenvalue weighted by atomic mass is 35.5. The van der Waals surface area contributed by atoms with Gasteiger partial charge in [-0.25, -0.2) is 0 Å². The van der Waals surface area contributed by atoms with E-state index in [9.17, 15) is 4.57 Å². The number of alkyl halides is 1. The molecule has 0 bridgehead atoms. The van der Waals surface area contributed by atoms with Crippen LogP contribution in [-0.4, -0.2) is 5.88 Å². The van der Waals surface area contributed by atoms with Crippen LogP contribution in [0, 0.1) is 0 Å². The zero-order chi connectivity index (χ0) is 7.21. The minimum Gasteiger partial charge on any atom is -0.272 e. The number of nitrogens with two attached hydrogens (primary N) is 3. The topological polar surface area (TPSA) is 95.1 Å². The summed E-state index contributed by atoms with van der Waals surface area (Å²) in [7, 11) is -3.14. The van der Waals surface area contributed by atoms with Crippen molar-refractivity contribution >= 4 is 19.2 Å². The van der Waals surface area contributed by atoms with Gasteiger partial charge in [0.05, 0.1) is 0 Å². The number of rotatable bonds is 0. The van der Waals surface area contributed by atoms with Crippen molar-refractivity contribution in [2.45, 2.75) is 6.92 Å². The van der Waals surface area contributed by atoms with Gasteiger partial charge in [-0.2, -0.15) is 0 Å². The summed E-state index contributed by atoms with van der Waals surface area (Å²) >= 11 is 5.00. The molecule has 0 rings (SSSR count). The molecule has 0 heterocycles. The highest BCUT2D eigenvalue weighted by Crippen LogP contribution is 2.06. The van der Waals surface area contributed by atoms with Crippen molar-refractivity contribution in [3.8, 4) is 0 Å². The van der Waals surface area contributed by atoms with Crippen LogP contribution in [-0.2, 0) is 4.57 Å². The van der Waals surface area contributed by atoms with Gasteiger partial charge in [0.2, 0.25) is 0 Å². The fourth-order valence-corrected chi connectivity index (χ4v) is 0. The minimum absolute atomic E-state index is 0.722. The van der Waals surface area contributed by atoms with Crippen molar-refractivity contribution in [3.05, 3.63) is 0 Å². The third-order valence-electron chi connectivity index (χ3n) is 0. The highest BCUT2D eigenvalue weighted by Gasteiger charge is 1.90. The van der Waals surface area contributed by atoms with E-state index in [0.29, 0.717) is 0 Å². The van der Waals surface area contributed by atoms with Gasteiger partial charge < -0.3 is 0 Å². The zero-order valence-corrected chi connectivity index (χ0v) is 6.32. The van der Waals surface area contributed by atoms with Crippen molar-refractivity contribution in [1.29, 1.82) is 0 Å². The van der Waals surface area contributed by atoms with Crippen LogP contribution in [0.4, 0.5) is 0 Å². The van der Waals surface area contributed by atoms with Crippen LogP contribution in [0.15, 0.2) is 0 Å². The standard InChI is InChI=1S/C2H5Cl.H6N3OP/c1-2-3;1-5(2,3)4/h2H2,1H3;(H6,1,2,3,4). The maximum atomic E-state index is 9.55. The molecule has 0 radical (unpaired) electrons. The van der Waals surface area contributed by atoms with Crippen LogP contribution >= 0.6 is 19.2 Å². The van der Waals surface area contributed by atoms with Crippen LogP contribution in [0.2, 0.25) is 0 Å². The van der Waals surface area contributed by atoms with Crippen molar-refractivity contribution < 1.29 is 4.57 Å². The lowest BCUT2D eigenvalue weighted by atomic mass is 11.0. The molecule has 4 nitrogen and oxygen atoms in total. The Morgan fingerprint density at radius 3 is 1.50 bits per heavy atom. The van der Waals surface area contributed by atoms with Gasteiger partial charge in [-0.05, 0) is 0 Å². The van der Waals surface area contributed by atoms with Crippen LogP contribution < -0.4 is 16.5 Å². The molecule has 0 aliphatic heterocycles. The smallest absolute Gasteiger partial charge is 0.271 e. The van der Waals surface area contributed by atoms with Crippen LogP contribution in [0.5, 0.6) is 0 Å². The van der Waals surface area contributed by atoms with Gasteiger partial charge in [-0.3, -0.25) is 21.1 Å². The van der Waals surface area contributed by atoms with E-state index in [4.69, 9.17) is 11.6 Å². The fourth-order valence-electron chi connectivity index (χ4n) is 0. The first-order chi connectivity index (χ1) is 3.41. The van der Waals surface area contributed by atoms with Crippen LogP contribution in [0.3, 0.4) is 0 Å². The van der Waals surface area contributed by atoms with Crippen LogP contribution in [0.1, 0.15) is 6.92 Å². The molecule has 0 spiro atoms. The summed E-state index contributed by atoms with van der Waals surface area (Å²) in [5.74, 6) is 0.722. The normalized spacial score (nSPS) is 9.62. The Bertz CT molecular complexity index is 73.1. The Morgan fingerprint density at radius 1 is 1.50 bits per heavy atom. The maximum Gasteiger partial charge on any atom is 0.271 e. The maximum absolute atomic E-state index is 9.55. The van der Waals surface area contributed by atoms with E-state index in [1.54, 1.807) is 0 Å². The van der Waals surface area contributed by atoms with E-state index in [1.165, 1.54) is 0 Å². The van der Waals surface area contributed by atoms with Gasteiger partial charge in [0.1, 0.15) is 0 Å². The first-order valence-corrected chi connectivity index (χ1v) is 4.38. The van der Waals surface area contributed by atoms with Gasteiger partial charge >= 0.3 is 0 Å². The fraction of sp³-hybridized carbons (Fsp3) is 1.00. The minimum atomic E-state index is -3.14. The first-order valence-electron chi connectivity index (χ1n) is 1.93. The summed E-state index contributed by atoms with van der Waals surface area (Å²) in [4.78, 5) is 0. The van der Waals surface area contributed by atoms with E-state index in [1.807, 2.05) is 6.92 Å². The molecular weight excluding hydrogens is 148 g/mol. The largest absolute Gasteiger partial charge is 0.272 e. The molecule has 0 aromatic carbocycles. The summed E-state index contributed by atoms with van der Waals surface area (Å²) in [6.07, 6.45) is 0. The Morgan fingerprint density at radius 2 is 1.50 bits per heavy atom. The average Bonchev–Trinajstić information content (AvgIpc) is 1.27. The van der Waals surface area contributed by atoms with Gasteiger partial charge in [0, 0.05) is 5.88 Å². The third kappa shape index (κ3) is 1170. The number of halogens is 1. The summed E-state index contributed by atoms with van der Waals surface area (Å²) in [5.41, 5.74) is 13.4. The zero-order valence-electron chi connectivity index (χ0n) is 4.67. The monoisotopic (exact) mass is 159 g/mol. The van der Waals surface area contributed by atoms with Crippen LogP contribution in [0.25, 0.3) is 0 Å². The molecule has 0 amide bonds. The third-order valence-corrected chi connectivity index (χ3v) is 0. The van der Waals surface area contributed by atoms with Crippen molar-refractivity contribution in [1.82, 2.24) is 0 Å². The van der Waals surface area contributed by atoms with Crippen molar-refractivity contribution in [2.24, 2.45) is 16.5 Å². The predicted octanol–water partition coefficient (Wildman–Crippen LogP) is 0.216. The molecule has 52 valence electrons. The summed E-state index contributed by atoms with van der Waals surface area (Å²) in [5, 5.41) is 0. The molecule has 0 fully saturated rings. The molecule has 6 heteroatoms. The second kappa shape index (κ2) is 5.54. The summed E-state index contributed by atoms with van der Waals surface area (Å²) < 4.78 is 9.55. The quantitative estimate of drug-likeness (QED) is 0.348. The van der Waals surface area contributed by atoms with E-state index < -0.39 is 7.59 Å². The summed E-state index contributed by atoms with van der Waals surface area (Å²) in [6, 6.07) is 0. The Hall–Kier alpha value is 0.400. The average molecular weight is 160 g/mol. The van der Waals surface area contributed by atoms with Crippen molar-refractivity contribution in [2.75, 3.05) is 5.88 Å². The molecule has 8 heavy (non-hydrogen) atoms. The Balaban J connectivity index is 0. The van der Waals surface area contributed by atoms with E-state index in [2.05, 4.69) is 16.5 Å². The Labute approximate surface area is 53.9 Å². The van der Waals surface area contributed by atoms with Gasteiger partial charge in [0.25, 0.3) is 7.59 Å². The molecule has 0 aliphatic carbocycles. The van der Waals surface area contributed by atoms with Gasteiger partial charge in [-0.15, -0.1) is 11.6 Å². The van der Waals surface area contributed by atoms with Gasteiger partial charge in [-0.1, -0.05) is 6.92 Å². The lowest BCUT2D eigenvalue weighted by Crippen LogP contribution is -2.12. The molecule has 0 aliphatic rings. The van der Waals surface area contributed by atoms with Crippen molar-refractivity contribution in [3.63, 3.8) is 0 Å². The number of hydrogen-bond donors (Lipinski definition) is 3. The van der Waals surface area contributed by atoms with E-state index >= 15 is 0 Å². The molecule has 0 saturated carbocycles. The second-order valence-electron chi connectivity index (χ2n) is 1.03. The molecule has 6 N–H and O–H groups in total. The highest BCUT2D eigenvalue weighted by molar-refractivity contribution is 7.56. The first kappa shape index (κ1) is 11.2. The molecular formula is C2H11ClN3OP. The lowest BCUT2D eigenvalue weighted by molar-refractivity contribution is 0.577. The summed E-state index contributed by atoms with van der Waals surface area (Å²) in [6.45, 7) is 1.89. The molecule has 0 aromatic heterocycles. The predicted molar refractivity (Wildman–Crippen MR) is 36.6 cm³/mol. The molecule has 0 aromatic rings. The van der Waals surface area contributed by atoms with E-state index in [0.717, 1.165) is 5.88 Å². The molecule has 0 saturated heterocycles. The second-order valence-corrected chi connectivity index (χ2v) is 3.09. The van der Waals surface area contributed by atoms with E-state index in [-0.39, 0.29) is 0 Å². The Kier molecular flexibility index (Phi) is 7.77. The van der Waals surface area contributed by atoms with Gasteiger partial charge in [0.15, 0.2) is 0 Å².